The smallest absolute Gasteiger partial charge is 0.281 e. The average molecular weight is 538 g/mol. The van der Waals surface area contributed by atoms with Crippen molar-refractivity contribution in [1.82, 2.24) is 0 Å². The standard InChI is InChI=1S/C26H23IN2O3/c1-3-31-23-17-18(16-22(27)25(23)32-4-2)15-21-24(19-11-7-5-8-12-19)28-29(26(21)30)20-13-9-6-10-14-20/h5-17H,3-4H2,1-2H3/b21-15-. The second-order valence-electron chi connectivity index (χ2n) is 7.02. The molecule has 5 nitrogen and oxygen atoms in total. The number of nitrogens with zero attached hydrogens (tertiary/aromatic N) is 2. The largest absolute Gasteiger partial charge is 0.490 e. The normalized spacial score (nSPS) is 14.6. The van der Waals surface area contributed by atoms with E-state index in [-0.39, 0.29) is 5.91 Å². The molecule has 1 aliphatic rings. The minimum atomic E-state index is -0.170. The predicted molar refractivity (Wildman–Crippen MR) is 136 cm³/mol. The molecule has 0 aromatic heterocycles. The number of benzene rings is 3. The third-order valence-corrected chi connectivity index (χ3v) is 5.66. The number of carbonyl (C=O) groups is 1. The molecule has 0 saturated carbocycles. The molecule has 0 atom stereocenters. The van der Waals surface area contributed by atoms with E-state index in [1.165, 1.54) is 5.01 Å². The summed E-state index contributed by atoms with van der Waals surface area (Å²) in [4.78, 5) is 13.4. The zero-order valence-corrected chi connectivity index (χ0v) is 20.1. The van der Waals surface area contributed by atoms with E-state index in [1.54, 1.807) is 0 Å². The molecule has 1 heterocycles. The third kappa shape index (κ3) is 4.55. The van der Waals surface area contributed by atoms with Crippen LogP contribution in [-0.4, -0.2) is 24.8 Å². The summed E-state index contributed by atoms with van der Waals surface area (Å²) in [6, 6.07) is 23.1. The van der Waals surface area contributed by atoms with Gasteiger partial charge in [0, 0.05) is 5.56 Å². The number of hydrazone groups is 1. The minimum absolute atomic E-state index is 0.170. The van der Waals surface area contributed by atoms with Gasteiger partial charge in [-0.15, -0.1) is 0 Å². The number of rotatable bonds is 7. The molecule has 0 fully saturated rings. The van der Waals surface area contributed by atoms with E-state index in [0.717, 1.165) is 26.1 Å². The number of hydrogen-bond acceptors (Lipinski definition) is 4. The fourth-order valence-corrected chi connectivity index (χ4v) is 4.26. The Hall–Kier alpha value is -3.13. The van der Waals surface area contributed by atoms with Crippen LogP contribution in [0.5, 0.6) is 11.5 Å². The van der Waals surface area contributed by atoms with Crippen LogP contribution in [0.1, 0.15) is 25.0 Å². The van der Waals surface area contributed by atoms with Crippen LogP contribution in [0.15, 0.2) is 83.5 Å². The van der Waals surface area contributed by atoms with E-state index in [2.05, 4.69) is 27.7 Å². The summed E-state index contributed by atoms with van der Waals surface area (Å²) in [5.41, 5.74) is 3.63. The van der Waals surface area contributed by atoms with Gasteiger partial charge in [-0.1, -0.05) is 48.5 Å². The van der Waals surface area contributed by atoms with Gasteiger partial charge in [-0.2, -0.15) is 10.1 Å². The maximum atomic E-state index is 13.4. The Morgan fingerprint density at radius 2 is 1.59 bits per heavy atom. The van der Waals surface area contributed by atoms with Gasteiger partial charge in [-0.05, 0) is 72.3 Å². The van der Waals surface area contributed by atoms with Crippen LogP contribution in [-0.2, 0) is 4.79 Å². The first kappa shape index (κ1) is 22.1. The lowest BCUT2D eigenvalue weighted by atomic mass is 10.00. The first-order valence-electron chi connectivity index (χ1n) is 10.5. The second kappa shape index (κ2) is 9.99. The van der Waals surface area contributed by atoms with E-state index in [4.69, 9.17) is 9.47 Å². The molecule has 32 heavy (non-hydrogen) atoms. The van der Waals surface area contributed by atoms with Gasteiger partial charge >= 0.3 is 0 Å². The summed E-state index contributed by atoms with van der Waals surface area (Å²) in [6.07, 6.45) is 1.87. The highest BCUT2D eigenvalue weighted by atomic mass is 127. The molecule has 0 radical (unpaired) electrons. The molecular formula is C26H23IN2O3. The molecule has 0 unspecified atom stereocenters. The maximum Gasteiger partial charge on any atom is 0.281 e. The highest BCUT2D eigenvalue weighted by molar-refractivity contribution is 14.1. The van der Waals surface area contributed by atoms with E-state index >= 15 is 0 Å². The summed E-state index contributed by atoms with van der Waals surface area (Å²) < 4.78 is 12.5. The molecule has 0 aliphatic carbocycles. The van der Waals surface area contributed by atoms with Gasteiger partial charge in [0.05, 0.1) is 28.0 Å². The van der Waals surface area contributed by atoms with Crippen molar-refractivity contribution in [1.29, 1.82) is 0 Å². The zero-order chi connectivity index (χ0) is 22.5. The van der Waals surface area contributed by atoms with E-state index < -0.39 is 0 Å². The lowest BCUT2D eigenvalue weighted by molar-refractivity contribution is -0.114. The van der Waals surface area contributed by atoms with Crippen molar-refractivity contribution in [2.75, 3.05) is 18.2 Å². The van der Waals surface area contributed by atoms with E-state index in [0.29, 0.717) is 30.2 Å². The van der Waals surface area contributed by atoms with Crippen LogP contribution in [0.2, 0.25) is 0 Å². The molecule has 3 aromatic carbocycles. The Kier molecular flexibility index (Phi) is 6.90. The first-order chi connectivity index (χ1) is 15.6. The van der Waals surface area contributed by atoms with Gasteiger partial charge < -0.3 is 9.47 Å². The molecule has 0 spiro atoms. The summed E-state index contributed by atoms with van der Waals surface area (Å²) in [5.74, 6) is 1.21. The minimum Gasteiger partial charge on any atom is -0.490 e. The Morgan fingerprint density at radius 3 is 2.25 bits per heavy atom. The van der Waals surface area contributed by atoms with Crippen molar-refractivity contribution in [3.63, 3.8) is 0 Å². The molecule has 6 heteroatoms. The number of para-hydroxylation sites is 1. The van der Waals surface area contributed by atoms with E-state index in [9.17, 15) is 4.79 Å². The van der Waals surface area contributed by atoms with Crippen LogP contribution in [0.25, 0.3) is 6.08 Å². The zero-order valence-electron chi connectivity index (χ0n) is 17.9. The third-order valence-electron chi connectivity index (χ3n) is 4.86. The Bertz CT molecular complexity index is 1170. The second-order valence-corrected chi connectivity index (χ2v) is 8.18. The number of ether oxygens (including phenoxy) is 2. The summed E-state index contributed by atoms with van der Waals surface area (Å²) in [7, 11) is 0. The van der Waals surface area contributed by atoms with Gasteiger partial charge in [0.25, 0.3) is 5.91 Å². The number of anilines is 1. The number of hydrogen-bond donors (Lipinski definition) is 0. The van der Waals surface area contributed by atoms with Crippen LogP contribution in [0, 0.1) is 3.57 Å². The summed E-state index contributed by atoms with van der Waals surface area (Å²) in [5, 5.41) is 6.15. The topological polar surface area (TPSA) is 51.1 Å². The molecule has 1 amide bonds. The summed E-state index contributed by atoms with van der Waals surface area (Å²) in [6.45, 7) is 4.95. The highest BCUT2D eigenvalue weighted by Crippen LogP contribution is 2.36. The predicted octanol–water partition coefficient (Wildman–Crippen LogP) is 5.92. The van der Waals surface area contributed by atoms with Crippen LogP contribution in [0.3, 0.4) is 0 Å². The van der Waals surface area contributed by atoms with Crippen molar-refractivity contribution in [2.24, 2.45) is 5.10 Å². The lowest BCUT2D eigenvalue weighted by Gasteiger charge is -2.14. The van der Waals surface area contributed by atoms with Gasteiger partial charge in [-0.3, -0.25) is 4.79 Å². The molecule has 0 saturated heterocycles. The fraction of sp³-hybridized carbons (Fsp3) is 0.154. The van der Waals surface area contributed by atoms with Gasteiger partial charge in [0.1, 0.15) is 5.71 Å². The monoisotopic (exact) mass is 538 g/mol. The number of carbonyl (C=O) groups excluding carboxylic acids is 1. The van der Waals surface area contributed by atoms with Crippen molar-refractivity contribution in [3.8, 4) is 11.5 Å². The van der Waals surface area contributed by atoms with Crippen molar-refractivity contribution < 1.29 is 14.3 Å². The molecule has 3 aromatic rings. The molecule has 0 N–H and O–H groups in total. The molecule has 0 bridgehead atoms. The Morgan fingerprint density at radius 1 is 0.938 bits per heavy atom. The highest BCUT2D eigenvalue weighted by Gasteiger charge is 2.32. The van der Waals surface area contributed by atoms with Crippen molar-refractivity contribution in [3.05, 3.63) is 93.1 Å². The van der Waals surface area contributed by atoms with Crippen LogP contribution < -0.4 is 14.5 Å². The van der Waals surface area contributed by atoms with E-state index in [1.807, 2.05) is 92.7 Å². The Labute approximate surface area is 201 Å². The quantitative estimate of drug-likeness (QED) is 0.277. The molecule has 4 rings (SSSR count). The van der Waals surface area contributed by atoms with Crippen molar-refractivity contribution >= 4 is 46.0 Å². The summed E-state index contributed by atoms with van der Waals surface area (Å²) >= 11 is 2.24. The molecular weight excluding hydrogens is 515 g/mol. The number of halogens is 1. The van der Waals surface area contributed by atoms with Gasteiger partial charge in [0.2, 0.25) is 0 Å². The maximum absolute atomic E-state index is 13.4. The SMILES string of the molecule is CCOc1cc(/C=C2\C(=O)N(c3ccccc3)N=C2c2ccccc2)cc(I)c1OCC. The van der Waals surface area contributed by atoms with Crippen molar-refractivity contribution in [2.45, 2.75) is 13.8 Å². The fourth-order valence-electron chi connectivity index (χ4n) is 3.48. The van der Waals surface area contributed by atoms with Crippen LogP contribution in [0.4, 0.5) is 5.69 Å². The van der Waals surface area contributed by atoms with Crippen LogP contribution >= 0.6 is 22.6 Å². The first-order valence-corrected chi connectivity index (χ1v) is 11.5. The Balaban J connectivity index is 1.82. The molecule has 1 aliphatic heterocycles. The molecule has 162 valence electrons. The van der Waals surface area contributed by atoms with Gasteiger partial charge in [-0.25, -0.2) is 0 Å². The lowest BCUT2D eigenvalue weighted by Crippen LogP contribution is -2.21. The number of amides is 1. The average Bonchev–Trinajstić information content (AvgIpc) is 3.13. The van der Waals surface area contributed by atoms with Gasteiger partial charge in [0.15, 0.2) is 11.5 Å².